The largest absolute Gasteiger partial charge is 0.443 e. The second-order valence-electron chi connectivity index (χ2n) is 6.57. The summed E-state index contributed by atoms with van der Waals surface area (Å²) in [6.45, 7) is 4.68. The minimum absolute atomic E-state index is 0.397. The van der Waals surface area contributed by atoms with E-state index in [0.717, 1.165) is 4.90 Å². The molecule has 2 atom stereocenters. The van der Waals surface area contributed by atoms with Crippen LogP contribution in [0.3, 0.4) is 0 Å². The highest BCUT2D eigenvalue weighted by molar-refractivity contribution is 6.01. The van der Waals surface area contributed by atoms with Crippen LogP contribution in [0.1, 0.15) is 32.3 Å². The number of benzene rings is 1. The highest BCUT2D eigenvalue weighted by Crippen LogP contribution is 2.29. The van der Waals surface area contributed by atoms with Crippen LogP contribution in [0.4, 0.5) is 4.79 Å². The Kier molecular flexibility index (Phi) is 5.02. The van der Waals surface area contributed by atoms with Crippen molar-refractivity contribution >= 4 is 12.0 Å². The van der Waals surface area contributed by atoms with Crippen LogP contribution < -0.4 is 0 Å². The molecule has 0 fully saturated rings. The molecular formula is C17H20N2O5. The maximum Gasteiger partial charge on any atom is 0.417 e. The van der Waals surface area contributed by atoms with E-state index in [1.54, 1.807) is 51.1 Å². The van der Waals surface area contributed by atoms with E-state index in [4.69, 9.17) is 4.74 Å². The van der Waals surface area contributed by atoms with Gasteiger partial charge in [0, 0.05) is 11.0 Å². The summed E-state index contributed by atoms with van der Waals surface area (Å²) in [5, 5.41) is 11.1. The molecule has 7 nitrogen and oxygen atoms in total. The molecule has 1 aliphatic heterocycles. The number of rotatable bonds is 4. The summed E-state index contributed by atoms with van der Waals surface area (Å²) < 4.78 is 5.27. The minimum atomic E-state index is -0.799. The van der Waals surface area contributed by atoms with Crippen LogP contribution in [0.5, 0.6) is 0 Å². The molecule has 0 N–H and O–H groups in total. The summed E-state index contributed by atoms with van der Waals surface area (Å²) in [5.41, 5.74) is -0.0809. The highest BCUT2D eigenvalue weighted by Gasteiger charge is 2.41. The number of ether oxygens (including phenoxy) is 1. The molecule has 0 aliphatic carbocycles. The number of carbonyl (C=O) groups is 2. The average molecular weight is 332 g/mol. The third-order valence-corrected chi connectivity index (χ3v) is 3.55. The molecule has 2 rings (SSSR count). The molecule has 1 aliphatic rings. The Balaban J connectivity index is 2.33. The van der Waals surface area contributed by atoms with Crippen molar-refractivity contribution < 1.29 is 19.2 Å². The molecule has 1 aromatic rings. The molecule has 0 unspecified atom stereocenters. The number of nitrogens with zero attached hydrogens (tertiary/aromatic N) is 2. The van der Waals surface area contributed by atoms with Crippen LogP contribution in [-0.2, 0) is 9.53 Å². The zero-order valence-corrected chi connectivity index (χ0v) is 13.8. The zero-order valence-electron chi connectivity index (χ0n) is 13.8. The Labute approximate surface area is 140 Å². The topological polar surface area (TPSA) is 89.8 Å². The van der Waals surface area contributed by atoms with Gasteiger partial charge in [0.1, 0.15) is 5.60 Å². The van der Waals surface area contributed by atoms with Crippen molar-refractivity contribution in [3.8, 4) is 0 Å². The highest BCUT2D eigenvalue weighted by atomic mass is 16.6. The van der Waals surface area contributed by atoms with Gasteiger partial charge < -0.3 is 4.74 Å². The first-order chi connectivity index (χ1) is 11.2. The molecule has 1 aromatic carbocycles. The fourth-order valence-electron chi connectivity index (χ4n) is 2.60. The van der Waals surface area contributed by atoms with Crippen molar-refractivity contribution in [2.45, 2.75) is 38.3 Å². The first kappa shape index (κ1) is 17.7. The maximum atomic E-state index is 12.4. The molecule has 2 amide bonds. The third kappa shape index (κ3) is 4.18. The average Bonchev–Trinajstić information content (AvgIpc) is 2.85. The third-order valence-electron chi connectivity index (χ3n) is 3.55. The van der Waals surface area contributed by atoms with Gasteiger partial charge in [0.2, 0.25) is 6.54 Å². The van der Waals surface area contributed by atoms with Crippen molar-refractivity contribution in [2.75, 3.05) is 6.54 Å². The molecule has 0 spiro atoms. The molecule has 1 heterocycles. The quantitative estimate of drug-likeness (QED) is 0.624. The van der Waals surface area contributed by atoms with E-state index in [0.29, 0.717) is 5.56 Å². The van der Waals surface area contributed by atoms with Gasteiger partial charge in [-0.3, -0.25) is 14.9 Å². The van der Waals surface area contributed by atoms with Crippen LogP contribution in [-0.4, -0.2) is 40.0 Å². The molecule has 0 saturated heterocycles. The summed E-state index contributed by atoms with van der Waals surface area (Å²) in [6.07, 6.45) is 1.98. The van der Waals surface area contributed by atoms with E-state index < -0.39 is 41.0 Å². The zero-order chi connectivity index (χ0) is 17.9. The summed E-state index contributed by atoms with van der Waals surface area (Å²) >= 11 is 0. The monoisotopic (exact) mass is 332 g/mol. The summed E-state index contributed by atoms with van der Waals surface area (Å²) in [6, 6.07) is 8.07. The molecule has 24 heavy (non-hydrogen) atoms. The number of carbonyl (C=O) groups excluding carboxylic acids is 2. The van der Waals surface area contributed by atoms with Gasteiger partial charge in [-0.1, -0.05) is 36.4 Å². The molecule has 128 valence electrons. The van der Waals surface area contributed by atoms with Crippen LogP contribution >= 0.6 is 0 Å². The second kappa shape index (κ2) is 6.82. The maximum absolute atomic E-state index is 12.4. The number of hydrogen-bond acceptors (Lipinski definition) is 5. The van der Waals surface area contributed by atoms with Gasteiger partial charge in [0.25, 0.3) is 5.91 Å². The van der Waals surface area contributed by atoms with E-state index in [1.165, 1.54) is 12.2 Å². The lowest BCUT2D eigenvalue weighted by Gasteiger charge is -2.30. The SMILES string of the molecule is CC(C)(C)OC(=O)N1C(=O)C=C[C@@H]1[C@H](C[N+](=O)[O-])c1ccccc1. The normalized spacial score (nSPS) is 18.5. The molecular weight excluding hydrogens is 312 g/mol. The Hall–Kier alpha value is -2.70. The molecule has 7 heteroatoms. The van der Waals surface area contributed by atoms with Gasteiger partial charge in [0.15, 0.2) is 0 Å². The van der Waals surface area contributed by atoms with Gasteiger partial charge in [-0.05, 0) is 26.3 Å². The number of amides is 2. The fourth-order valence-corrected chi connectivity index (χ4v) is 2.60. The van der Waals surface area contributed by atoms with Gasteiger partial charge in [-0.2, -0.15) is 0 Å². The fraction of sp³-hybridized carbons (Fsp3) is 0.412. The van der Waals surface area contributed by atoms with E-state index >= 15 is 0 Å². The lowest BCUT2D eigenvalue weighted by atomic mass is 9.91. The Morgan fingerprint density at radius 1 is 1.33 bits per heavy atom. The summed E-state index contributed by atoms with van der Waals surface area (Å²) in [7, 11) is 0. The second-order valence-corrected chi connectivity index (χ2v) is 6.57. The van der Waals surface area contributed by atoms with Crippen LogP contribution in [0.2, 0.25) is 0 Å². The van der Waals surface area contributed by atoms with Gasteiger partial charge in [-0.25, -0.2) is 9.69 Å². The van der Waals surface area contributed by atoms with Gasteiger partial charge in [-0.15, -0.1) is 0 Å². The lowest BCUT2D eigenvalue weighted by molar-refractivity contribution is -0.484. The molecule has 0 saturated carbocycles. The van der Waals surface area contributed by atoms with Gasteiger partial charge in [0.05, 0.1) is 12.0 Å². The Bertz CT molecular complexity index is 663. The van der Waals surface area contributed by atoms with Crippen LogP contribution in [0.25, 0.3) is 0 Å². The smallest absolute Gasteiger partial charge is 0.417 e. The first-order valence-electron chi connectivity index (χ1n) is 7.60. The number of hydrogen-bond donors (Lipinski definition) is 0. The van der Waals surface area contributed by atoms with Crippen LogP contribution in [0, 0.1) is 10.1 Å². The number of imide groups is 1. The molecule has 0 bridgehead atoms. The van der Waals surface area contributed by atoms with Crippen LogP contribution in [0.15, 0.2) is 42.5 Å². The van der Waals surface area contributed by atoms with E-state index in [1.807, 2.05) is 0 Å². The predicted octanol–water partition coefficient (Wildman–Crippen LogP) is 2.75. The molecule has 0 aromatic heterocycles. The van der Waals surface area contributed by atoms with Crippen molar-refractivity contribution in [3.05, 3.63) is 58.2 Å². The predicted molar refractivity (Wildman–Crippen MR) is 87.1 cm³/mol. The van der Waals surface area contributed by atoms with Crippen molar-refractivity contribution in [3.63, 3.8) is 0 Å². The standard InChI is InChI=1S/C17H20N2O5/c1-17(2,3)24-16(21)19-14(9-10-15(19)20)13(11-18(22)23)12-7-5-4-6-8-12/h4-10,13-14H,11H2,1-3H3/t13-,14-/m1/s1. The van der Waals surface area contributed by atoms with Crippen molar-refractivity contribution in [1.29, 1.82) is 0 Å². The summed E-state index contributed by atoms with van der Waals surface area (Å²) in [5.74, 6) is -1.17. The van der Waals surface area contributed by atoms with E-state index in [9.17, 15) is 19.7 Å². The van der Waals surface area contributed by atoms with Gasteiger partial charge >= 0.3 is 6.09 Å². The minimum Gasteiger partial charge on any atom is -0.443 e. The molecule has 0 radical (unpaired) electrons. The van der Waals surface area contributed by atoms with E-state index in [-0.39, 0.29) is 0 Å². The van der Waals surface area contributed by atoms with Crippen molar-refractivity contribution in [2.24, 2.45) is 0 Å². The van der Waals surface area contributed by atoms with Crippen molar-refractivity contribution in [1.82, 2.24) is 4.90 Å². The summed E-state index contributed by atoms with van der Waals surface area (Å²) in [4.78, 5) is 36.1. The number of nitro groups is 1. The Morgan fingerprint density at radius 2 is 1.96 bits per heavy atom. The first-order valence-corrected chi connectivity index (χ1v) is 7.60. The Morgan fingerprint density at radius 3 is 2.50 bits per heavy atom. The van der Waals surface area contributed by atoms with E-state index in [2.05, 4.69) is 0 Å². The lowest BCUT2D eigenvalue weighted by Crippen LogP contribution is -2.46.